The molecular formula is C14H22N2O. The lowest BCUT2D eigenvalue weighted by Gasteiger charge is -2.33. The first-order valence-corrected chi connectivity index (χ1v) is 6.44. The summed E-state index contributed by atoms with van der Waals surface area (Å²) >= 11 is 0. The van der Waals surface area contributed by atoms with Gasteiger partial charge in [-0.05, 0) is 25.7 Å². The van der Waals surface area contributed by atoms with E-state index in [-0.39, 0.29) is 5.91 Å². The van der Waals surface area contributed by atoms with Gasteiger partial charge in [0.1, 0.15) is 5.41 Å². The van der Waals surface area contributed by atoms with E-state index < -0.39 is 5.41 Å². The van der Waals surface area contributed by atoms with Gasteiger partial charge in [0, 0.05) is 13.6 Å². The second-order valence-electron chi connectivity index (χ2n) is 4.91. The van der Waals surface area contributed by atoms with Crippen LogP contribution in [0.3, 0.4) is 0 Å². The van der Waals surface area contributed by atoms with Crippen molar-refractivity contribution in [3.8, 4) is 6.07 Å². The van der Waals surface area contributed by atoms with E-state index in [9.17, 15) is 10.1 Å². The average molecular weight is 234 g/mol. The fourth-order valence-electron chi connectivity index (χ4n) is 2.47. The van der Waals surface area contributed by atoms with Crippen LogP contribution in [0.4, 0.5) is 0 Å². The zero-order chi connectivity index (χ0) is 12.7. The minimum absolute atomic E-state index is 0.0174. The van der Waals surface area contributed by atoms with Crippen LogP contribution in [0.1, 0.15) is 44.9 Å². The van der Waals surface area contributed by atoms with E-state index in [1.807, 2.05) is 6.08 Å². The predicted octanol–water partition coefficient (Wildman–Crippen LogP) is 2.89. The third kappa shape index (κ3) is 3.33. The Balaban J connectivity index is 2.59. The number of amides is 1. The van der Waals surface area contributed by atoms with Crippen molar-refractivity contribution in [1.82, 2.24) is 4.90 Å². The number of unbranched alkanes of at least 4 members (excludes halogenated alkanes) is 1. The van der Waals surface area contributed by atoms with Gasteiger partial charge in [-0.1, -0.05) is 25.3 Å². The van der Waals surface area contributed by atoms with Crippen molar-refractivity contribution in [2.75, 3.05) is 13.6 Å². The predicted molar refractivity (Wildman–Crippen MR) is 68.2 cm³/mol. The molecule has 1 amide bonds. The highest BCUT2D eigenvalue weighted by molar-refractivity contribution is 5.85. The number of hydrogen-bond acceptors (Lipinski definition) is 2. The molecule has 1 rings (SSSR count). The van der Waals surface area contributed by atoms with Gasteiger partial charge >= 0.3 is 0 Å². The van der Waals surface area contributed by atoms with Gasteiger partial charge in [0.25, 0.3) is 0 Å². The number of nitrogens with zero attached hydrogens (tertiary/aromatic N) is 2. The number of allylic oxidation sites excluding steroid dienone is 1. The Kier molecular flexibility index (Phi) is 5.21. The Bertz CT molecular complexity index is 311. The second-order valence-corrected chi connectivity index (χ2v) is 4.91. The van der Waals surface area contributed by atoms with Gasteiger partial charge in [0.05, 0.1) is 6.07 Å². The third-order valence-electron chi connectivity index (χ3n) is 3.58. The van der Waals surface area contributed by atoms with Crippen molar-refractivity contribution in [2.45, 2.75) is 44.9 Å². The fourth-order valence-corrected chi connectivity index (χ4v) is 2.47. The van der Waals surface area contributed by atoms with Crippen molar-refractivity contribution < 1.29 is 4.79 Å². The zero-order valence-electron chi connectivity index (χ0n) is 10.7. The molecule has 1 fully saturated rings. The maximum Gasteiger partial charge on any atom is 0.242 e. The molecule has 1 aliphatic rings. The van der Waals surface area contributed by atoms with E-state index in [4.69, 9.17) is 0 Å². The molecule has 1 saturated carbocycles. The Labute approximate surface area is 104 Å². The maximum absolute atomic E-state index is 12.3. The first-order valence-electron chi connectivity index (χ1n) is 6.44. The van der Waals surface area contributed by atoms with Crippen molar-refractivity contribution in [2.24, 2.45) is 5.41 Å². The molecule has 0 aromatic heterocycles. The molecular weight excluding hydrogens is 212 g/mol. The molecule has 17 heavy (non-hydrogen) atoms. The Morgan fingerprint density at radius 2 is 2.12 bits per heavy atom. The highest BCUT2D eigenvalue weighted by atomic mass is 16.2. The molecule has 0 aromatic carbocycles. The number of carbonyl (C=O) groups is 1. The highest BCUT2D eigenvalue weighted by Gasteiger charge is 2.41. The summed E-state index contributed by atoms with van der Waals surface area (Å²) in [4.78, 5) is 14.0. The van der Waals surface area contributed by atoms with Gasteiger partial charge in [0.15, 0.2) is 0 Å². The summed E-state index contributed by atoms with van der Waals surface area (Å²) in [6, 6.07) is 2.28. The summed E-state index contributed by atoms with van der Waals surface area (Å²) in [5.74, 6) is 0.0174. The topological polar surface area (TPSA) is 44.1 Å². The maximum atomic E-state index is 12.3. The van der Waals surface area contributed by atoms with Gasteiger partial charge < -0.3 is 4.90 Å². The second kappa shape index (κ2) is 6.44. The molecule has 0 bridgehead atoms. The summed E-state index contributed by atoms with van der Waals surface area (Å²) in [6.45, 7) is 4.38. The molecule has 0 atom stereocenters. The van der Waals surface area contributed by atoms with Crippen LogP contribution >= 0.6 is 0 Å². The molecule has 0 aliphatic heterocycles. The van der Waals surface area contributed by atoms with E-state index in [0.29, 0.717) is 6.54 Å². The van der Waals surface area contributed by atoms with Gasteiger partial charge in [0.2, 0.25) is 5.91 Å². The van der Waals surface area contributed by atoms with E-state index >= 15 is 0 Å². The zero-order valence-corrected chi connectivity index (χ0v) is 10.7. The molecule has 0 saturated heterocycles. The van der Waals surface area contributed by atoms with Gasteiger partial charge in [-0.25, -0.2) is 0 Å². The quantitative estimate of drug-likeness (QED) is 0.542. The van der Waals surface area contributed by atoms with Crippen molar-refractivity contribution in [3.05, 3.63) is 12.7 Å². The Morgan fingerprint density at radius 3 is 2.65 bits per heavy atom. The average Bonchev–Trinajstić information content (AvgIpc) is 2.38. The molecule has 0 radical (unpaired) electrons. The molecule has 0 unspecified atom stereocenters. The standard InChI is InChI=1S/C14H22N2O/c1-3-4-8-11-16(2)13(17)14(12-15)9-6-5-7-10-14/h3H,1,4-11H2,2H3. The van der Waals surface area contributed by atoms with Crippen LogP contribution in [-0.2, 0) is 4.79 Å². The van der Waals surface area contributed by atoms with Crippen LogP contribution in [0, 0.1) is 16.7 Å². The molecule has 0 spiro atoms. The van der Waals surface area contributed by atoms with E-state index in [2.05, 4.69) is 12.6 Å². The Hall–Kier alpha value is -1.30. The lowest BCUT2D eigenvalue weighted by molar-refractivity contribution is -0.139. The molecule has 3 nitrogen and oxygen atoms in total. The van der Waals surface area contributed by atoms with Crippen LogP contribution in [0.25, 0.3) is 0 Å². The monoisotopic (exact) mass is 234 g/mol. The number of rotatable bonds is 5. The summed E-state index contributed by atoms with van der Waals surface area (Å²) in [5, 5.41) is 9.32. The molecule has 1 aliphatic carbocycles. The summed E-state index contributed by atoms with van der Waals surface area (Å²) < 4.78 is 0. The van der Waals surface area contributed by atoms with E-state index in [0.717, 1.165) is 44.9 Å². The third-order valence-corrected chi connectivity index (χ3v) is 3.58. The lowest BCUT2D eigenvalue weighted by atomic mass is 9.74. The normalized spacial score (nSPS) is 18.1. The molecule has 3 heteroatoms. The van der Waals surface area contributed by atoms with Crippen LogP contribution in [0.15, 0.2) is 12.7 Å². The van der Waals surface area contributed by atoms with Crippen LogP contribution in [0.2, 0.25) is 0 Å². The number of carbonyl (C=O) groups excluding carboxylic acids is 1. The summed E-state index contributed by atoms with van der Waals surface area (Å²) in [6.07, 6.45) is 8.31. The smallest absolute Gasteiger partial charge is 0.242 e. The van der Waals surface area contributed by atoms with Crippen LogP contribution < -0.4 is 0 Å². The fraction of sp³-hybridized carbons (Fsp3) is 0.714. The molecule has 0 N–H and O–H groups in total. The minimum Gasteiger partial charge on any atom is -0.344 e. The largest absolute Gasteiger partial charge is 0.344 e. The van der Waals surface area contributed by atoms with E-state index in [1.54, 1.807) is 11.9 Å². The highest BCUT2D eigenvalue weighted by Crippen LogP contribution is 2.37. The summed E-state index contributed by atoms with van der Waals surface area (Å²) in [7, 11) is 1.80. The van der Waals surface area contributed by atoms with Gasteiger partial charge in [-0.15, -0.1) is 6.58 Å². The first-order chi connectivity index (χ1) is 8.16. The minimum atomic E-state index is -0.735. The Morgan fingerprint density at radius 1 is 1.47 bits per heavy atom. The number of hydrogen-bond donors (Lipinski definition) is 0. The van der Waals surface area contributed by atoms with E-state index in [1.165, 1.54) is 0 Å². The van der Waals surface area contributed by atoms with Crippen molar-refractivity contribution in [3.63, 3.8) is 0 Å². The summed E-state index contributed by atoms with van der Waals surface area (Å²) in [5.41, 5.74) is -0.735. The van der Waals surface area contributed by atoms with Crippen LogP contribution in [-0.4, -0.2) is 24.4 Å². The number of nitriles is 1. The first kappa shape index (κ1) is 13.8. The van der Waals surface area contributed by atoms with Crippen molar-refractivity contribution in [1.29, 1.82) is 5.26 Å². The lowest BCUT2D eigenvalue weighted by Crippen LogP contribution is -2.42. The molecule has 0 aromatic rings. The molecule has 94 valence electrons. The molecule has 0 heterocycles. The van der Waals surface area contributed by atoms with Gasteiger partial charge in [-0.2, -0.15) is 5.26 Å². The van der Waals surface area contributed by atoms with Crippen molar-refractivity contribution >= 4 is 5.91 Å². The van der Waals surface area contributed by atoms with Gasteiger partial charge in [-0.3, -0.25) is 4.79 Å². The SMILES string of the molecule is C=CCCCN(C)C(=O)C1(C#N)CCCCC1. The van der Waals surface area contributed by atoms with Crippen LogP contribution in [0.5, 0.6) is 0 Å².